The fraction of sp³-hybridized carbons (Fsp3) is 0.471. The number of nitrogens with zero attached hydrogens (tertiary/aromatic N) is 5. The van der Waals surface area contributed by atoms with Crippen molar-refractivity contribution in [3.8, 4) is 17.1 Å². The van der Waals surface area contributed by atoms with Gasteiger partial charge in [-0.3, -0.25) is 4.68 Å². The van der Waals surface area contributed by atoms with Crippen LogP contribution in [0.15, 0.2) is 30.9 Å². The first-order valence-corrected chi connectivity index (χ1v) is 8.38. The van der Waals surface area contributed by atoms with E-state index in [1.54, 1.807) is 10.9 Å². The maximum atomic E-state index is 6.45. The third-order valence-electron chi connectivity index (χ3n) is 5.44. The van der Waals surface area contributed by atoms with Crippen molar-refractivity contribution in [2.75, 3.05) is 6.54 Å². The molecule has 0 radical (unpaired) electrons. The summed E-state index contributed by atoms with van der Waals surface area (Å²) >= 11 is 0. The first-order chi connectivity index (χ1) is 11.6. The van der Waals surface area contributed by atoms with Gasteiger partial charge in [0.15, 0.2) is 0 Å². The molecule has 24 heavy (non-hydrogen) atoms. The van der Waals surface area contributed by atoms with Crippen molar-refractivity contribution in [2.45, 2.75) is 31.4 Å². The molecule has 1 aliphatic carbocycles. The van der Waals surface area contributed by atoms with Crippen molar-refractivity contribution in [3.63, 3.8) is 0 Å². The molecular formula is C17H20N6O. The molecule has 3 aromatic heterocycles. The summed E-state index contributed by atoms with van der Waals surface area (Å²) in [5.41, 5.74) is 2.52. The summed E-state index contributed by atoms with van der Waals surface area (Å²) in [7, 11) is 1.90. The number of hydrogen-bond donors (Lipinski definition) is 1. The van der Waals surface area contributed by atoms with Crippen LogP contribution in [0.5, 0.6) is 5.88 Å². The highest BCUT2D eigenvalue weighted by atomic mass is 16.5. The zero-order valence-corrected chi connectivity index (χ0v) is 13.8. The minimum absolute atomic E-state index is 0.153. The molecule has 124 valence electrons. The first kappa shape index (κ1) is 14.0. The normalized spacial score (nSPS) is 28.8. The molecule has 0 amide bonds. The largest absolute Gasteiger partial charge is 0.469 e. The summed E-state index contributed by atoms with van der Waals surface area (Å²) in [6, 6.07) is 2.54. The van der Waals surface area contributed by atoms with Gasteiger partial charge in [0.25, 0.3) is 0 Å². The quantitative estimate of drug-likeness (QED) is 0.793. The highest BCUT2D eigenvalue weighted by Crippen LogP contribution is 2.46. The van der Waals surface area contributed by atoms with E-state index in [1.807, 2.05) is 36.2 Å². The van der Waals surface area contributed by atoms with Crippen LogP contribution in [0.4, 0.5) is 0 Å². The topological polar surface area (TPSA) is 69.3 Å². The average Bonchev–Trinajstić information content (AvgIpc) is 3.25. The average molecular weight is 324 g/mol. The van der Waals surface area contributed by atoms with E-state index in [-0.39, 0.29) is 5.60 Å². The molecule has 2 aliphatic rings. The zero-order valence-electron chi connectivity index (χ0n) is 13.8. The number of aryl methyl sites for hydroxylation is 1. The Morgan fingerprint density at radius 1 is 1.33 bits per heavy atom. The maximum Gasteiger partial charge on any atom is 0.241 e. The Morgan fingerprint density at radius 3 is 3.04 bits per heavy atom. The lowest BCUT2D eigenvalue weighted by Gasteiger charge is -2.49. The number of fused-ring (bicyclic) bond motifs is 2. The lowest BCUT2D eigenvalue weighted by atomic mass is 9.67. The molecule has 1 aliphatic heterocycles. The molecule has 5 rings (SSSR count). The van der Waals surface area contributed by atoms with Crippen LogP contribution in [0, 0.1) is 5.92 Å². The van der Waals surface area contributed by atoms with E-state index in [2.05, 4.69) is 22.4 Å². The molecular weight excluding hydrogens is 304 g/mol. The van der Waals surface area contributed by atoms with Crippen molar-refractivity contribution in [1.82, 2.24) is 29.7 Å². The molecule has 1 saturated carbocycles. The van der Waals surface area contributed by atoms with E-state index >= 15 is 0 Å². The molecule has 7 heteroatoms. The van der Waals surface area contributed by atoms with Gasteiger partial charge in [-0.2, -0.15) is 10.2 Å². The Bertz CT molecular complexity index is 915. The Balaban J connectivity index is 1.56. The fourth-order valence-corrected chi connectivity index (χ4v) is 4.14. The number of rotatable bonds is 3. The third-order valence-corrected chi connectivity index (χ3v) is 5.44. The van der Waals surface area contributed by atoms with Gasteiger partial charge in [0, 0.05) is 37.2 Å². The number of ether oxygens (including phenoxy) is 1. The lowest BCUT2D eigenvalue weighted by Crippen LogP contribution is -2.59. The zero-order chi connectivity index (χ0) is 16.3. The molecule has 0 spiro atoms. The second-order valence-electron chi connectivity index (χ2n) is 7.07. The number of aromatic nitrogens is 5. The van der Waals surface area contributed by atoms with Gasteiger partial charge in [-0.05, 0) is 26.0 Å². The van der Waals surface area contributed by atoms with Crippen LogP contribution >= 0.6 is 0 Å². The second kappa shape index (κ2) is 4.80. The van der Waals surface area contributed by atoms with Crippen LogP contribution in [0.3, 0.4) is 0 Å². The van der Waals surface area contributed by atoms with E-state index in [0.717, 1.165) is 29.7 Å². The van der Waals surface area contributed by atoms with Gasteiger partial charge in [0.2, 0.25) is 5.88 Å². The van der Waals surface area contributed by atoms with Crippen LogP contribution in [-0.4, -0.2) is 42.6 Å². The maximum absolute atomic E-state index is 6.45. The minimum Gasteiger partial charge on any atom is -0.469 e. The summed E-state index contributed by atoms with van der Waals surface area (Å²) < 4.78 is 10.1. The van der Waals surface area contributed by atoms with Crippen LogP contribution < -0.4 is 10.1 Å². The molecule has 1 saturated heterocycles. The molecule has 0 aromatic carbocycles. The predicted molar refractivity (Wildman–Crippen MR) is 88.7 cm³/mol. The van der Waals surface area contributed by atoms with Crippen molar-refractivity contribution < 1.29 is 4.74 Å². The van der Waals surface area contributed by atoms with Gasteiger partial charge < -0.3 is 10.1 Å². The van der Waals surface area contributed by atoms with Crippen LogP contribution in [0.1, 0.15) is 19.8 Å². The number of nitrogens with one attached hydrogen (secondary N) is 1. The molecule has 7 nitrogen and oxygen atoms in total. The summed E-state index contributed by atoms with van der Waals surface area (Å²) in [5.74, 6) is 1.21. The molecule has 0 unspecified atom stereocenters. The number of hydrogen-bond acceptors (Lipinski definition) is 5. The van der Waals surface area contributed by atoms with Gasteiger partial charge in [-0.1, -0.05) is 0 Å². The van der Waals surface area contributed by atoms with Crippen LogP contribution in [0.2, 0.25) is 0 Å². The van der Waals surface area contributed by atoms with E-state index in [4.69, 9.17) is 9.72 Å². The van der Waals surface area contributed by atoms with E-state index < -0.39 is 0 Å². The van der Waals surface area contributed by atoms with Gasteiger partial charge in [-0.15, -0.1) is 0 Å². The SMILES string of the molecule is Cn1cc(-c2cn3nccc3c(O[C@@]3(C)C[C@H]4NCC[C@H]43)n2)cn1. The Labute approximate surface area is 139 Å². The van der Waals surface area contributed by atoms with Gasteiger partial charge in [0.1, 0.15) is 11.1 Å². The molecule has 4 heterocycles. The highest BCUT2D eigenvalue weighted by molar-refractivity contribution is 5.63. The van der Waals surface area contributed by atoms with Crippen molar-refractivity contribution in [2.24, 2.45) is 13.0 Å². The van der Waals surface area contributed by atoms with E-state index in [1.165, 1.54) is 6.42 Å². The molecule has 3 aromatic rings. The predicted octanol–water partition coefficient (Wildman–Crippen LogP) is 1.65. The van der Waals surface area contributed by atoms with Crippen molar-refractivity contribution in [3.05, 3.63) is 30.9 Å². The van der Waals surface area contributed by atoms with Crippen molar-refractivity contribution in [1.29, 1.82) is 0 Å². The van der Waals surface area contributed by atoms with Crippen LogP contribution in [0.25, 0.3) is 16.8 Å². The third kappa shape index (κ3) is 1.97. The highest BCUT2D eigenvalue weighted by Gasteiger charge is 2.55. The smallest absolute Gasteiger partial charge is 0.241 e. The molecule has 0 bridgehead atoms. The summed E-state index contributed by atoms with van der Waals surface area (Å²) in [5, 5.41) is 12.1. The molecule has 2 fully saturated rings. The first-order valence-electron chi connectivity index (χ1n) is 8.38. The summed E-state index contributed by atoms with van der Waals surface area (Å²) in [4.78, 5) is 4.78. The Hall–Kier alpha value is -2.41. The standard InChI is InChI=1S/C17H20N6O/c1-17(7-13-12(17)3-5-18-13)24-16-15-4-6-19-23(15)10-14(21-16)11-8-20-22(2)9-11/h4,6,8-10,12-13,18H,3,5,7H2,1-2H3/t12-,13-,17+/m1/s1. The Morgan fingerprint density at radius 2 is 2.25 bits per heavy atom. The monoisotopic (exact) mass is 324 g/mol. The van der Waals surface area contributed by atoms with Crippen molar-refractivity contribution >= 4 is 5.52 Å². The fourth-order valence-electron chi connectivity index (χ4n) is 4.14. The van der Waals surface area contributed by atoms with E-state index in [9.17, 15) is 0 Å². The molecule has 3 atom stereocenters. The lowest BCUT2D eigenvalue weighted by molar-refractivity contribution is -0.0654. The summed E-state index contributed by atoms with van der Waals surface area (Å²) in [6.45, 7) is 3.28. The molecule has 1 N–H and O–H groups in total. The van der Waals surface area contributed by atoms with E-state index in [0.29, 0.717) is 17.8 Å². The Kier molecular flexibility index (Phi) is 2.79. The van der Waals surface area contributed by atoms with Gasteiger partial charge in [-0.25, -0.2) is 9.50 Å². The minimum atomic E-state index is -0.153. The second-order valence-corrected chi connectivity index (χ2v) is 7.07. The van der Waals surface area contributed by atoms with Gasteiger partial charge in [0.05, 0.1) is 24.3 Å². The van der Waals surface area contributed by atoms with Gasteiger partial charge >= 0.3 is 0 Å². The van der Waals surface area contributed by atoms with Crippen LogP contribution in [-0.2, 0) is 7.05 Å². The summed E-state index contributed by atoms with van der Waals surface area (Å²) in [6.07, 6.45) is 9.64.